The molecule has 0 bridgehead atoms. The summed E-state index contributed by atoms with van der Waals surface area (Å²) in [7, 11) is 1.47. The molecule has 0 heterocycles. The Balaban J connectivity index is 0.00000225. The van der Waals surface area contributed by atoms with Crippen molar-refractivity contribution in [2.45, 2.75) is 6.04 Å². The SMILES string of the molecule is COCC(N)C(=O)Nc1cccc(O)c1.Cl. The van der Waals surface area contributed by atoms with E-state index in [-0.39, 0.29) is 30.7 Å². The molecule has 1 rings (SSSR count). The zero-order chi connectivity index (χ0) is 11.3. The van der Waals surface area contributed by atoms with Crippen LogP contribution in [0.25, 0.3) is 0 Å². The molecule has 4 N–H and O–H groups in total. The van der Waals surface area contributed by atoms with Gasteiger partial charge in [-0.15, -0.1) is 12.4 Å². The molecule has 90 valence electrons. The molecule has 6 heteroatoms. The van der Waals surface area contributed by atoms with E-state index in [1.165, 1.54) is 19.2 Å². The van der Waals surface area contributed by atoms with Crippen molar-refractivity contribution in [3.63, 3.8) is 0 Å². The number of benzene rings is 1. The van der Waals surface area contributed by atoms with Gasteiger partial charge in [0.15, 0.2) is 0 Å². The summed E-state index contributed by atoms with van der Waals surface area (Å²) in [5.74, 6) is -0.254. The van der Waals surface area contributed by atoms with Crippen molar-refractivity contribution in [2.24, 2.45) is 5.73 Å². The van der Waals surface area contributed by atoms with Gasteiger partial charge in [0, 0.05) is 18.9 Å². The Hall–Kier alpha value is -1.30. The van der Waals surface area contributed by atoms with Crippen LogP contribution in [-0.4, -0.2) is 30.8 Å². The van der Waals surface area contributed by atoms with E-state index in [2.05, 4.69) is 5.32 Å². The monoisotopic (exact) mass is 246 g/mol. The fourth-order valence-electron chi connectivity index (χ4n) is 1.07. The number of nitrogens with two attached hydrogens (primary N) is 1. The molecule has 0 radical (unpaired) electrons. The molecule has 0 saturated carbocycles. The maximum absolute atomic E-state index is 11.4. The highest BCUT2D eigenvalue weighted by Gasteiger charge is 2.12. The van der Waals surface area contributed by atoms with Gasteiger partial charge in [0.05, 0.1) is 6.61 Å². The third-order valence-corrected chi connectivity index (χ3v) is 1.80. The number of ether oxygens (including phenoxy) is 1. The van der Waals surface area contributed by atoms with Crippen molar-refractivity contribution in [3.05, 3.63) is 24.3 Å². The minimum absolute atomic E-state index is 0. The van der Waals surface area contributed by atoms with Gasteiger partial charge in [-0.1, -0.05) is 6.07 Å². The summed E-state index contributed by atoms with van der Waals surface area (Å²) in [5.41, 5.74) is 6.02. The summed E-state index contributed by atoms with van der Waals surface area (Å²) in [5, 5.41) is 11.7. The molecule has 0 aliphatic rings. The van der Waals surface area contributed by atoms with E-state index < -0.39 is 6.04 Å². The van der Waals surface area contributed by atoms with Gasteiger partial charge in [-0.2, -0.15) is 0 Å². The van der Waals surface area contributed by atoms with E-state index in [4.69, 9.17) is 15.6 Å². The lowest BCUT2D eigenvalue weighted by atomic mass is 10.2. The molecule has 1 aromatic rings. The first kappa shape index (κ1) is 14.7. The van der Waals surface area contributed by atoms with Crippen LogP contribution in [0.4, 0.5) is 5.69 Å². The van der Waals surface area contributed by atoms with Gasteiger partial charge < -0.3 is 20.9 Å². The van der Waals surface area contributed by atoms with E-state index in [1.807, 2.05) is 0 Å². The number of hydrogen-bond donors (Lipinski definition) is 3. The highest BCUT2D eigenvalue weighted by atomic mass is 35.5. The van der Waals surface area contributed by atoms with Gasteiger partial charge in [-0.3, -0.25) is 4.79 Å². The second kappa shape index (κ2) is 7.05. The molecule has 0 fully saturated rings. The van der Waals surface area contributed by atoms with Crippen LogP contribution in [0.3, 0.4) is 0 Å². The Labute approximate surface area is 100 Å². The summed E-state index contributed by atoms with van der Waals surface area (Å²) in [4.78, 5) is 11.4. The first-order valence-electron chi connectivity index (χ1n) is 4.48. The standard InChI is InChI=1S/C10H14N2O3.ClH/c1-15-6-9(11)10(14)12-7-3-2-4-8(13)5-7;/h2-5,9,13H,6,11H2,1H3,(H,12,14);1H. The van der Waals surface area contributed by atoms with Crippen LogP contribution in [0.2, 0.25) is 0 Å². The molecule has 0 spiro atoms. The average molecular weight is 247 g/mol. The molecule has 0 aliphatic heterocycles. The van der Waals surface area contributed by atoms with Gasteiger partial charge in [-0.25, -0.2) is 0 Å². The van der Waals surface area contributed by atoms with Crippen LogP contribution in [-0.2, 0) is 9.53 Å². The maximum atomic E-state index is 11.4. The third-order valence-electron chi connectivity index (χ3n) is 1.80. The molecular formula is C10H15ClN2O3. The largest absolute Gasteiger partial charge is 0.508 e. The fraction of sp³-hybridized carbons (Fsp3) is 0.300. The normalized spacial score (nSPS) is 11.4. The topological polar surface area (TPSA) is 84.6 Å². The molecule has 1 amide bonds. The number of nitrogens with one attached hydrogen (secondary N) is 1. The quantitative estimate of drug-likeness (QED) is 0.731. The third kappa shape index (κ3) is 4.48. The molecule has 1 atom stereocenters. The van der Waals surface area contributed by atoms with Crippen molar-refractivity contribution in [1.29, 1.82) is 0 Å². The van der Waals surface area contributed by atoms with Crippen molar-refractivity contribution >= 4 is 24.0 Å². The van der Waals surface area contributed by atoms with E-state index in [9.17, 15) is 4.79 Å². The number of methoxy groups -OCH3 is 1. The van der Waals surface area contributed by atoms with E-state index >= 15 is 0 Å². The van der Waals surface area contributed by atoms with Gasteiger partial charge >= 0.3 is 0 Å². The Morgan fingerprint density at radius 3 is 2.88 bits per heavy atom. The highest BCUT2D eigenvalue weighted by Crippen LogP contribution is 2.15. The van der Waals surface area contributed by atoms with E-state index in [1.54, 1.807) is 12.1 Å². The lowest BCUT2D eigenvalue weighted by Crippen LogP contribution is -2.39. The number of halogens is 1. The smallest absolute Gasteiger partial charge is 0.243 e. The zero-order valence-corrected chi connectivity index (χ0v) is 9.66. The lowest BCUT2D eigenvalue weighted by Gasteiger charge is -2.11. The Morgan fingerprint density at radius 2 is 2.31 bits per heavy atom. The van der Waals surface area contributed by atoms with Crippen molar-refractivity contribution < 1.29 is 14.6 Å². The Morgan fingerprint density at radius 1 is 1.62 bits per heavy atom. The number of amides is 1. The average Bonchev–Trinajstić information content (AvgIpc) is 2.18. The number of rotatable bonds is 4. The number of anilines is 1. The van der Waals surface area contributed by atoms with Crippen LogP contribution in [0.15, 0.2) is 24.3 Å². The van der Waals surface area contributed by atoms with Crippen LogP contribution in [0.1, 0.15) is 0 Å². The molecule has 1 aromatic carbocycles. The number of phenols is 1. The van der Waals surface area contributed by atoms with Crippen molar-refractivity contribution in [1.82, 2.24) is 0 Å². The molecular weight excluding hydrogens is 232 g/mol. The first-order valence-corrected chi connectivity index (χ1v) is 4.48. The Bertz CT molecular complexity index is 347. The van der Waals surface area contributed by atoms with Crippen molar-refractivity contribution in [3.8, 4) is 5.75 Å². The number of aromatic hydroxyl groups is 1. The van der Waals surface area contributed by atoms with E-state index in [0.29, 0.717) is 5.69 Å². The van der Waals surface area contributed by atoms with Crippen LogP contribution < -0.4 is 11.1 Å². The molecule has 1 unspecified atom stereocenters. The zero-order valence-electron chi connectivity index (χ0n) is 8.84. The van der Waals surface area contributed by atoms with Gasteiger partial charge in [-0.05, 0) is 12.1 Å². The maximum Gasteiger partial charge on any atom is 0.243 e. The molecule has 0 aliphatic carbocycles. The minimum atomic E-state index is -0.711. The second-order valence-electron chi connectivity index (χ2n) is 3.10. The molecule has 16 heavy (non-hydrogen) atoms. The lowest BCUT2D eigenvalue weighted by molar-refractivity contribution is -0.118. The predicted molar refractivity (Wildman–Crippen MR) is 63.8 cm³/mol. The minimum Gasteiger partial charge on any atom is -0.508 e. The second-order valence-corrected chi connectivity index (χ2v) is 3.10. The van der Waals surface area contributed by atoms with Gasteiger partial charge in [0.2, 0.25) is 5.91 Å². The fourth-order valence-corrected chi connectivity index (χ4v) is 1.07. The van der Waals surface area contributed by atoms with E-state index in [0.717, 1.165) is 0 Å². The van der Waals surface area contributed by atoms with Crippen LogP contribution in [0, 0.1) is 0 Å². The Kier molecular flexibility index (Phi) is 6.48. The number of hydrogen-bond acceptors (Lipinski definition) is 4. The van der Waals surface area contributed by atoms with Crippen LogP contribution in [0.5, 0.6) is 5.75 Å². The van der Waals surface area contributed by atoms with Crippen molar-refractivity contribution in [2.75, 3.05) is 19.0 Å². The molecule has 0 saturated heterocycles. The molecule has 5 nitrogen and oxygen atoms in total. The number of phenolic OH excluding ortho intramolecular Hbond substituents is 1. The predicted octanol–water partition coefficient (Wildman–Crippen LogP) is 0.726. The highest BCUT2D eigenvalue weighted by molar-refractivity contribution is 5.94. The summed E-state index contributed by atoms with van der Waals surface area (Å²) in [6, 6.07) is 5.55. The molecule has 0 aromatic heterocycles. The first-order chi connectivity index (χ1) is 7.13. The summed E-state index contributed by atoms with van der Waals surface area (Å²) in [6.07, 6.45) is 0. The van der Waals surface area contributed by atoms with Gasteiger partial charge in [0.1, 0.15) is 11.8 Å². The number of carbonyl (C=O) groups is 1. The summed E-state index contributed by atoms with van der Waals surface area (Å²) >= 11 is 0. The summed E-state index contributed by atoms with van der Waals surface area (Å²) < 4.78 is 4.75. The number of carbonyl (C=O) groups excluding carboxylic acids is 1. The van der Waals surface area contributed by atoms with Crippen LogP contribution >= 0.6 is 12.4 Å². The summed E-state index contributed by atoms with van der Waals surface area (Å²) in [6.45, 7) is 0.157. The van der Waals surface area contributed by atoms with Gasteiger partial charge in [0.25, 0.3) is 0 Å².